The summed E-state index contributed by atoms with van der Waals surface area (Å²) in [5.41, 5.74) is -0.734. The molecule has 0 unspecified atom stereocenters. The van der Waals surface area contributed by atoms with Crippen LogP contribution in [0.3, 0.4) is 0 Å². The van der Waals surface area contributed by atoms with Crippen molar-refractivity contribution in [3.05, 3.63) is 62.4 Å². The van der Waals surface area contributed by atoms with Gasteiger partial charge < -0.3 is 9.47 Å². The fraction of sp³-hybridized carbons (Fsp3) is 0.333. The van der Waals surface area contributed by atoms with E-state index in [1.807, 2.05) is 0 Å². The van der Waals surface area contributed by atoms with Gasteiger partial charge in [0.05, 0.1) is 23.9 Å². The molecule has 30 heavy (non-hydrogen) atoms. The number of fused-ring (bicyclic) bond motifs is 2. The summed E-state index contributed by atoms with van der Waals surface area (Å²) in [4.78, 5) is 28.5. The maximum atomic E-state index is 13.2. The Bertz CT molecular complexity index is 1190. The quantitative estimate of drug-likeness (QED) is 0.576. The first-order valence-electron chi connectivity index (χ1n) is 8.79. The Morgan fingerprint density at radius 1 is 1.33 bits per heavy atom. The van der Waals surface area contributed by atoms with Crippen LogP contribution in [0.25, 0.3) is 5.65 Å². The Morgan fingerprint density at radius 2 is 2.13 bits per heavy atom. The summed E-state index contributed by atoms with van der Waals surface area (Å²) in [6, 6.07) is 4.28. The topological polar surface area (TPSA) is 87.7 Å². The number of nitrogens with zero attached hydrogens (tertiary/aromatic N) is 4. The van der Waals surface area contributed by atoms with Crippen LogP contribution in [-0.2, 0) is 46.6 Å². The third kappa shape index (κ3) is 4.03. The molecule has 0 spiro atoms. The molecule has 0 amide bonds. The SMILES string of the molecule is O=C(Cn1nc(C(F)(F)F)c2c1CCOC2)OCc1cc(=O)n2cc(Cl)ccc2n1. The zero-order valence-corrected chi connectivity index (χ0v) is 16.0. The van der Waals surface area contributed by atoms with E-state index in [0.717, 1.165) is 4.68 Å². The zero-order valence-electron chi connectivity index (χ0n) is 15.3. The molecule has 1 aliphatic heterocycles. The number of halogens is 4. The second-order valence-electron chi connectivity index (χ2n) is 6.55. The highest BCUT2D eigenvalue weighted by atomic mass is 35.5. The zero-order chi connectivity index (χ0) is 21.5. The smallest absolute Gasteiger partial charge is 0.435 e. The molecule has 4 heterocycles. The molecule has 0 aromatic carbocycles. The lowest BCUT2D eigenvalue weighted by atomic mass is 10.1. The molecule has 158 valence electrons. The number of ether oxygens (including phenoxy) is 2. The van der Waals surface area contributed by atoms with Gasteiger partial charge in [-0.3, -0.25) is 18.7 Å². The van der Waals surface area contributed by atoms with Gasteiger partial charge >= 0.3 is 12.1 Å². The van der Waals surface area contributed by atoms with Gasteiger partial charge in [-0.1, -0.05) is 11.6 Å². The van der Waals surface area contributed by atoms with Crippen LogP contribution in [0.1, 0.15) is 22.6 Å². The molecule has 4 rings (SSSR count). The van der Waals surface area contributed by atoms with Crippen LogP contribution in [0.2, 0.25) is 5.02 Å². The van der Waals surface area contributed by atoms with Gasteiger partial charge in [-0.25, -0.2) is 4.98 Å². The second kappa shape index (κ2) is 7.73. The van der Waals surface area contributed by atoms with Gasteiger partial charge in [-0.2, -0.15) is 18.3 Å². The van der Waals surface area contributed by atoms with Crippen molar-refractivity contribution >= 4 is 23.2 Å². The van der Waals surface area contributed by atoms with Crippen molar-refractivity contribution in [1.29, 1.82) is 0 Å². The monoisotopic (exact) mass is 442 g/mol. The van der Waals surface area contributed by atoms with E-state index >= 15 is 0 Å². The molecule has 0 saturated carbocycles. The molecule has 0 bridgehead atoms. The summed E-state index contributed by atoms with van der Waals surface area (Å²) in [5, 5.41) is 3.91. The van der Waals surface area contributed by atoms with E-state index in [2.05, 4.69) is 10.1 Å². The van der Waals surface area contributed by atoms with E-state index in [9.17, 15) is 22.8 Å². The van der Waals surface area contributed by atoms with Crippen LogP contribution in [0.4, 0.5) is 13.2 Å². The number of hydrogen-bond donors (Lipinski definition) is 0. The summed E-state index contributed by atoms with van der Waals surface area (Å²) in [6.45, 7) is -0.791. The van der Waals surface area contributed by atoms with Gasteiger partial charge in [0.1, 0.15) is 18.8 Å². The summed E-state index contributed by atoms with van der Waals surface area (Å²) in [6.07, 6.45) is -3.04. The number of alkyl halides is 3. The van der Waals surface area contributed by atoms with Crippen LogP contribution >= 0.6 is 11.6 Å². The Morgan fingerprint density at radius 3 is 2.90 bits per heavy atom. The number of carbonyl (C=O) groups is 1. The molecular formula is C18H14ClF3N4O4. The van der Waals surface area contributed by atoms with Crippen LogP contribution < -0.4 is 5.56 Å². The van der Waals surface area contributed by atoms with Gasteiger partial charge in [0.25, 0.3) is 5.56 Å². The number of aromatic nitrogens is 4. The number of esters is 1. The fourth-order valence-corrected chi connectivity index (χ4v) is 3.35. The lowest BCUT2D eigenvalue weighted by Gasteiger charge is -2.15. The Labute approximate surface area is 171 Å². The first-order chi connectivity index (χ1) is 14.2. The maximum absolute atomic E-state index is 13.2. The highest BCUT2D eigenvalue weighted by Crippen LogP contribution is 2.34. The summed E-state index contributed by atoms with van der Waals surface area (Å²) in [7, 11) is 0. The Balaban J connectivity index is 1.50. The van der Waals surface area contributed by atoms with Crippen molar-refractivity contribution in [1.82, 2.24) is 19.2 Å². The molecule has 0 atom stereocenters. The lowest BCUT2D eigenvalue weighted by Crippen LogP contribution is -2.20. The van der Waals surface area contributed by atoms with Gasteiger partial charge in [-0.05, 0) is 12.1 Å². The number of pyridine rings is 1. The van der Waals surface area contributed by atoms with Crippen molar-refractivity contribution in [2.45, 2.75) is 32.4 Å². The molecule has 0 N–H and O–H groups in total. The number of carbonyl (C=O) groups excluding carboxylic acids is 1. The van der Waals surface area contributed by atoms with Gasteiger partial charge in [0.2, 0.25) is 0 Å². The first kappa shape index (κ1) is 20.4. The minimum Gasteiger partial charge on any atom is -0.458 e. The predicted octanol–water partition coefficient (Wildman–Crippen LogP) is 2.38. The molecule has 0 fully saturated rings. The van der Waals surface area contributed by atoms with E-state index in [4.69, 9.17) is 21.1 Å². The van der Waals surface area contributed by atoms with Crippen LogP contribution in [0, 0.1) is 0 Å². The third-order valence-electron chi connectivity index (χ3n) is 4.50. The van der Waals surface area contributed by atoms with E-state index in [-0.39, 0.29) is 37.5 Å². The molecule has 1 aliphatic rings. The van der Waals surface area contributed by atoms with Gasteiger partial charge in [0, 0.05) is 29.9 Å². The Kier molecular flexibility index (Phi) is 5.24. The number of hydrogen-bond acceptors (Lipinski definition) is 6. The van der Waals surface area contributed by atoms with Gasteiger partial charge in [-0.15, -0.1) is 0 Å². The fourth-order valence-electron chi connectivity index (χ4n) is 3.19. The van der Waals surface area contributed by atoms with Crippen molar-refractivity contribution in [2.75, 3.05) is 6.61 Å². The van der Waals surface area contributed by atoms with Crippen LogP contribution in [-0.4, -0.2) is 31.7 Å². The van der Waals surface area contributed by atoms with E-state index in [1.165, 1.54) is 22.7 Å². The largest absolute Gasteiger partial charge is 0.458 e. The molecule has 0 radical (unpaired) electrons. The normalized spacial score (nSPS) is 14.0. The highest BCUT2D eigenvalue weighted by Gasteiger charge is 2.40. The van der Waals surface area contributed by atoms with Crippen LogP contribution in [0.5, 0.6) is 0 Å². The molecule has 8 nitrogen and oxygen atoms in total. The third-order valence-corrected chi connectivity index (χ3v) is 4.72. The minimum absolute atomic E-state index is 0.0653. The predicted molar refractivity (Wildman–Crippen MR) is 96.9 cm³/mol. The average Bonchev–Trinajstić information content (AvgIpc) is 3.06. The average molecular weight is 443 g/mol. The number of rotatable bonds is 4. The molecule has 12 heteroatoms. The van der Waals surface area contributed by atoms with Crippen LogP contribution in [0.15, 0.2) is 29.2 Å². The summed E-state index contributed by atoms with van der Waals surface area (Å²) >= 11 is 5.85. The summed E-state index contributed by atoms with van der Waals surface area (Å²) in [5.74, 6) is -0.807. The minimum atomic E-state index is -4.65. The van der Waals surface area contributed by atoms with Crippen molar-refractivity contribution in [2.24, 2.45) is 0 Å². The van der Waals surface area contributed by atoms with Crippen molar-refractivity contribution in [3.63, 3.8) is 0 Å². The van der Waals surface area contributed by atoms with E-state index in [0.29, 0.717) is 16.4 Å². The second-order valence-corrected chi connectivity index (χ2v) is 6.99. The van der Waals surface area contributed by atoms with Gasteiger partial charge in [0.15, 0.2) is 5.69 Å². The molecule has 3 aromatic heterocycles. The molecule has 0 aliphatic carbocycles. The highest BCUT2D eigenvalue weighted by molar-refractivity contribution is 6.30. The van der Waals surface area contributed by atoms with Crippen molar-refractivity contribution in [3.8, 4) is 0 Å². The first-order valence-corrected chi connectivity index (χ1v) is 9.17. The van der Waals surface area contributed by atoms with E-state index in [1.54, 1.807) is 6.07 Å². The maximum Gasteiger partial charge on any atom is 0.435 e. The van der Waals surface area contributed by atoms with E-state index < -0.39 is 29.9 Å². The molecule has 3 aromatic rings. The van der Waals surface area contributed by atoms with Crippen molar-refractivity contribution < 1.29 is 27.4 Å². The standard InChI is InChI=1S/C18H14ClF3N4O4/c19-10-1-2-14-23-11(5-15(27)25(14)6-10)8-30-16(28)7-26-13-3-4-29-9-12(13)17(24-26)18(20,21)22/h1-2,5-6H,3-4,7-9H2. The molecular weight excluding hydrogens is 429 g/mol. The summed E-state index contributed by atoms with van der Waals surface area (Å²) < 4.78 is 52.0. The lowest BCUT2D eigenvalue weighted by molar-refractivity contribution is -0.147. The Hall–Kier alpha value is -2.92. The molecule has 0 saturated heterocycles.